The minimum Gasteiger partial charge on any atom is -0.477 e. The zero-order valence-corrected chi connectivity index (χ0v) is 11.7. The standard InChI is InChI=1S/C16H16N2O3/c17-9-10-21-13-6-2-1-5-12(13)18-14(19)11-16(15(18)20)7-3-4-8-16/h1-2,5-6H,3-4,7-8,10-11H2. The zero-order valence-electron chi connectivity index (χ0n) is 11.7. The van der Waals surface area contributed by atoms with Gasteiger partial charge >= 0.3 is 0 Å². The molecule has 1 heterocycles. The summed E-state index contributed by atoms with van der Waals surface area (Å²) in [5.74, 6) is 0.115. The van der Waals surface area contributed by atoms with Gasteiger partial charge < -0.3 is 4.74 Å². The van der Waals surface area contributed by atoms with Crippen molar-refractivity contribution in [2.75, 3.05) is 11.5 Å². The monoisotopic (exact) mass is 284 g/mol. The molecule has 1 aromatic carbocycles. The highest BCUT2D eigenvalue weighted by Gasteiger charge is 2.53. The molecule has 0 N–H and O–H groups in total. The van der Waals surface area contributed by atoms with Crippen LogP contribution in [0.1, 0.15) is 32.1 Å². The van der Waals surface area contributed by atoms with Gasteiger partial charge in [0.2, 0.25) is 11.8 Å². The topological polar surface area (TPSA) is 70.4 Å². The molecule has 21 heavy (non-hydrogen) atoms. The van der Waals surface area contributed by atoms with Crippen LogP contribution in [-0.2, 0) is 9.59 Å². The summed E-state index contributed by atoms with van der Waals surface area (Å²) in [5, 5.41) is 8.63. The lowest BCUT2D eigenvalue weighted by molar-refractivity contribution is -0.125. The molecule has 0 aromatic heterocycles. The van der Waals surface area contributed by atoms with Gasteiger partial charge in [0.1, 0.15) is 11.8 Å². The normalized spacial score (nSPS) is 20.0. The maximum absolute atomic E-state index is 12.8. The van der Waals surface area contributed by atoms with Crippen LogP contribution in [0.3, 0.4) is 0 Å². The van der Waals surface area contributed by atoms with Gasteiger partial charge in [-0.1, -0.05) is 25.0 Å². The molecule has 1 aromatic rings. The first-order valence-electron chi connectivity index (χ1n) is 7.14. The minimum atomic E-state index is -0.501. The Morgan fingerprint density at radius 1 is 1.24 bits per heavy atom. The van der Waals surface area contributed by atoms with Crippen LogP contribution in [-0.4, -0.2) is 18.4 Å². The van der Waals surface area contributed by atoms with Crippen molar-refractivity contribution in [3.05, 3.63) is 24.3 Å². The summed E-state index contributed by atoms with van der Waals surface area (Å²) < 4.78 is 5.34. The molecular formula is C16H16N2O3. The lowest BCUT2D eigenvalue weighted by atomic mass is 9.84. The van der Waals surface area contributed by atoms with Gasteiger partial charge in [-0.15, -0.1) is 0 Å². The number of imide groups is 1. The molecule has 2 amide bonds. The SMILES string of the molecule is N#CCOc1ccccc1N1C(=O)CC2(CCCC2)C1=O. The van der Waals surface area contributed by atoms with Crippen LogP contribution in [0.15, 0.2) is 24.3 Å². The first-order valence-corrected chi connectivity index (χ1v) is 7.14. The molecule has 0 unspecified atom stereocenters. The second-order valence-corrected chi connectivity index (χ2v) is 5.61. The highest BCUT2D eigenvalue weighted by Crippen LogP contribution is 2.49. The van der Waals surface area contributed by atoms with E-state index in [4.69, 9.17) is 10.00 Å². The molecule has 3 rings (SSSR count). The van der Waals surface area contributed by atoms with Crippen LogP contribution in [0.4, 0.5) is 5.69 Å². The molecule has 5 heteroatoms. The zero-order chi connectivity index (χ0) is 14.9. The number of hydrogen-bond acceptors (Lipinski definition) is 4. The number of rotatable bonds is 3. The van der Waals surface area contributed by atoms with Crippen molar-refractivity contribution in [1.29, 1.82) is 5.26 Å². The average molecular weight is 284 g/mol. The summed E-state index contributed by atoms with van der Waals surface area (Å²) in [5.41, 5.74) is -0.0501. The number of anilines is 1. The molecule has 0 radical (unpaired) electrons. The third-order valence-electron chi connectivity index (χ3n) is 4.35. The Labute approximate surface area is 123 Å². The van der Waals surface area contributed by atoms with Crippen LogP contribution in [0.25, 0.3) is 0 Å². The third-order valence-corrected chi connectivity index (χ3v) is 4.35. The van der Waals surface area contributed by atoms with Gasteiger partial charge in [0.05, 0.1) is 11.1 Å². The van der Waals surface area contributed by atoms with E-state index in [0.29, 0.717) is 17.9 Å². The van der Waals surface area contributed by atoms with Crippen molar-refractivity contribution in [2.24, 2.45) is 5.41 Å². The second kappa shape index (κ2) is 5.21. The average Bonchev–Trinajstić information content (AvgIpc) is 3.04. The maximum Gasteiger partial charge on any atom is 0.240 e. The number of ether oxygens (including phenoxy) is 1. The first-order chi connectivity index (χ1) is 10.2. The van der Waals surface area contributed by atoms with Crippen molar-refractivity contribution in [1.82, 2.24) is 0 Å². The van der Waals surface area contributed by atoms with Gasteiger partial charge in [-0.25, -0.2) is 4.90 Å². The molecule has 5 nitrogen and oxygen atoms in total. The Morgan fingerprint density at radius 2 is 1.95 bits per heavy atom. The number of carbonyl (C=O) groups excluding carboxylic acids is 2. The number of amides is 2. The Bertz CT molecular complexity index is 627. The molecule has 1 aliphatic carbocycles. The molecule has 108 valence electrons. The van der Waals surface area contributed by atoms with E-state index in [9.17, 15) is 9.59 Å². The molecule has 1 saturated carbocycles. The molecule has 1 spiro atoms. The number of hydrogen-bond donors (Lipinski definition) is 0. The van der Waals surface area contributed by atoms with Gasteiger partial charge in [-0.05, 0) is 25.0 Å². The number of nitrogens with zero attached hydrogens (tertiary/aromatic N) is 2. The van der Waals surface area contributed by atoms with E-state index in [2.05, 4.69) is 0 Å². The van der Waals surface area contributed by atoms with Crippen molar-refractivity contribution in [3.8, 4) is 11.8 Å². The van der Waals surface area contributed by atoms with Crippen molar-refractivity contribution < 1.29 is 14.3 Å². The van der Waals surface area contributed by atoms with E-state index in [1.165, 1.54) is 4.90 Å². The molecule has 0 atom stereocenters. The summed E-state index contributed by atoms with van der Waals surface area (Å²) in [4.78, 5) is 26.4. The van der Waals surface area contributed by atoms with E-state index in [1.807, 2.05) is 6.07 Å². The Morgan fingerprint density at radius 3 is 2.67 bits per heavy atom. The van der Waals surface area contributed by atoms with E-state index in [-0.39, 0.29) is 18.4 Å². The maximum atomic E-state index is 12.8. The lowest BCUT2D eigenvalue weighted by Crippen LogP contribution is -2.34. The first kappa shape index (κ1) is 13.6. The Hall–Kier alpha value is -2.35. The molecule has 1 aliphatic heterocycles. The van der Waals surface area contributed by atoms with Gasteiger partial charge in [-0.2, -0.15) is 5.26 Å². The third kappa shape index (κ3) is 2.17. The number of para-hydroxylation sites is 2. The van der Waals surface area contributed by atoms with E-state index in [0.717, 1.165) is 25.7 Å². The fourth-order valence-corrected chi connectivity index (χ4v) is 3.35. The fourth-order valence-electron chi connectivity index (χ4n) is 3.35. The van der Waals surface area contributed by atoms with E-state index >= 15 is 0 Å². The van der Waals surface area contributed by atoms with E-state index < -0.39 is 5.41 Å². The molecule has 1 saturated heterocycles. The predicted octanol–water partition coefficient (Wildman–Crippen LogP) is 2.41. The highest BCUT2D eigenvalue weighted by atomic mass is 16.5. The summed E-state index contributed by atoms with van der Waals surface area (Å²) in [7, 11) is 0. The van der Waals surface area contributed by atoms with Crippen molar-refractivity contribution >= 4 is 17.5 Å². The van der Waals surface area contributed by atoms with Crippen LogP contribution < -0.4 is 9.64 Å². The van der Waals surface area contributed by atoms with Gasteiger partial charge in [0, 0.05) is 6.42 Å². The molecular weight excluding hydrogens is 268 g/mol. The van der Waals surface area contributed by atoms with Gasteiger partial charge in [0.15, 0.2) is 6.61 Å². The van der Waals surface area contributed by atoms with Gasteiger partial charge in [0.25, 0.3) is 0 Å². The summed E-state index contributed by atoms with van der Waals surface area (Å²) in [6.07, 6.45) is 3.86. The predicted molar refractivity (Wildman–Crippen MR) is 75.6 cm³/mol. The van der Waals surface area contributed by atoms with Gasteiger partial charge in [-0.3, -0.25) is 9.59 Å². The van der Waals surface area contributed by atoms with Crippen LogP contribution >= 0.6 is 0 Å². The molecule has 2 aliphatic rings. The molecule has 0 bridgehead atoms. The van der Waals surface area contributed by atoms with Crippen LogP contribution in [0.5, 0.6) is 5.75 Å². The lowest BCUT2D eigenvalue weighted by Gasteiger charge is -2.22. The number of carbonyl (C=O) groups is 2. The van der Waals surface area contributed by atoms with Crippen LogP contribution in [0, 0.1) is 16.7 Å². The Kier molecular flexibility index (Phi) is 3.38. The number of nitriles is 1. The number of benzene rings is 1. The van der Waals surface area contributed by atoms with Crippen molar-refractivity contribution in [2.45, 2.75) is 32.1 Å². The fraction of sp³-hybridized carbons (Fsp3) is 0.438. The smallest absolute Gasteiger partial charge is 0.240 e. The Balaban J connectivity index is 1.95. The van der Waals surface area contributed by atoms with E-state index in [1.54, 1.807) is 24.3 Å². The summed E-state index contributed by atoms with van der Waals surface area (Å²) in [6.45, 7) is -0.113. The van der Waals surface area contributed by atoms with Crippen LogP contribution in [0.2, 0.25) is 0 Å². The summed E-state index contributed by atoms with van der Waals surface area (Å²) in [6, 6.07) is 8.77. The summed E-state index contributed by atoms with van der Waals surface area (Å²) >= 11 is 0. The minimum absolute atomic E-state index is 0.113. The second-order valence-electron chi connectivity index (χ2n) is 5.61. The van der Waals surface area contributed by atoms with Crippen molar-refractivity contribution in [3.63, 3.8) is 0 Å². The molecule has 2 fully saturated rings. The highest BCUT2D eigenvalue weighted by molar-refractivity contribution is 6.23. The quantitative estimate of drug-likeness (QED) is 0.799. The largest absolute Gasteiger partial charge is 0.477 e.